The number of hydrogen-bond donors (Lipinski definition) is 3. The number of benzene rings is 2. The molecule has 0 spiro atoms. The first kappa shape index (κ1) is 13.3. The standard InChI is InChI=1S/C17H12N4O2/c22-16(21-15-8-18-13-4-2-1-3-11(13)15)10-5-6-12-14(7-10)19-9-20-17(12)23/h1-9,18H,(H,21,22)(H,19,20,23). The Hall–Kier alpha value is -3.41. The minimum atomic E-state index is -0.251. The van der Waals surface area contributed by atoms with Gasteiger partial charge >= 0.3 is 0 Å². The van der Waals surface area contributed by atoms with Crippen molar-refractivity contribution in [3.05, 3.63) is 70.9 Å². The first-order valence-electron chi connectivity index (χ1n) is 7.07. The predicted molar refractivity (Wildman–Crippen MR) is 88.6 cm³/mol. The fourth-order valence-corrected chi connectivity index (χ4v) is 2.58. The molecule has 0 bridgehead atoms. The lowest BCUT2D eigenvalue weighted by Gasteiger charge is -2.05. The van der Waals surface area contributed by atoms with E-state index in [1.807, 2.05) is 24.3 Å². The first-order chi connectivity index (χ1) is 11.2. The summed E-state index contributed by atoms with van der Waals surface area (Å²) in [6.45, 7) is 0. The average Bonchev–Trinajstić information content (AvgIpc) is 2.98. The van der Waals surface area contributed by atoms with E-state index >= 15 is 0 Å². The topological polar surface area (TPSA) is 90.6 Å². The van der Waals surface area contributed by atoms with Crippen LogP contribution in [0.3, 0.4) is 0 Å². The minimum Gasteiger partial charge on any atom is -0.359 e. The molecule has 2 heterocycles. The van der Waals surface area contributed by atoms with Crippen molar-refractivity contribution in [2.24, 2.45) is 0 Å². The molecule has 0 saturated heterocycles. The van der Waals surface area contributed by atoms with Gasteiger partial charge in [-0.1, -0.05) is 18.2 Å². The molecule has 0 aliphatic carbocycles. The zero-order valence-corrected chi connectivity index (χ0v) is 12.0. The van der Waals surface area contributed by atoms with Gasteiger partial charge in [0.15, 0.2) is 0 Å². The van der Waals surface area contributed by atoms with Gasteiger partial charge in [-0.05, 0) is 24.3 Å². The molecule has 0 atom stereocenters. The molecule has 0 unspecified atom stereocenters. The van der Waals surface area contributed by atoms with E-state index in [-0.39, 0.29) is 11.5 Å². The lowest BCUT2D eigenvalue weighted by Crippen LogP contribution is -2.13. The molecule has 6 nitrogen and oxygen atoms in total. The van der Waals surface area contributed by atoms with Gasteiger partial charge in [0.2, 0.25) is 0 Å². The quantitative estimate of drug-likeness (QED) is 0.531. The molecule has 0 radical (unpaired) electrons. The molecular weight excluding hydrogens is 292 g/mol. The zero-order valence-electron chi connectivity index (χ0n) is 12.0. The van der Waals surface area contributed by atoms with Crippen LogP contribution in [0.2, 0.25) is 0 Å². The van der Waals surface area contributed by atoms with Crippen LogP contribution in [0.15, 0.2) is 59.8 Å². The molecule has 3 N–H and O–H groups in total. The number of nitrogens with one attached hydrogen (secondary N) is 3. The molecule has 0 aliphatic heterocycles. The van der Waals surface area contributed by atoms with Crippen LogP contribution in [0.25, 0.3) is 21.8 Å². The van der Waals surface area contributed by atoms with Gasteiger partial charge in [-0.15, -0.1) is 0 Å². The zero-order chi connectivity index (χ0) is 15.8. The van der Waals surface area contributed by atoms with E-state index in [1.165, 1.54) is 6.33 Å². The third-order valence-corrected chi connectivity index (χ3v) is 3.74. The Balaban J connectivity index is 1.70. The highest BCUT2D eigenvalue weighted by atomic mass is 16.1. The van der Waals surface area contributed by atoms with Crippen LogP contribution in [0, 0.1) is 0 Å². The van der Waals surface area contributed by atoms with Gasteiger partial charge in [-0.2, -0.15) is 0 Å². The molecule has 6 heteroatoms. The summed E-state index contributed by atoms with van der Waals surface area (Å²) >= 11 is 0. The number of para-hydroxylation sites is 1. The van der Waals surface area contributed by atoms with E-state index in [0.29, 0.717) is 22.2 Å². The molecule has 1 amide bonds. The number of anilines is 1. The highest BCUT2D eigenvalue weighted by molar-refractivity contribution is 6.10. The summed E-state index contributed by atoms with van der Waals surface area (Å²) in [7, 11) is 0. The van der Waals surface area contributed by atoms with E-state index in [2.05, 4.69) is 20.3 Å². The van der Waals surface area contributed by atoms with Crippen molar-refractivity contribution in [3.63, 3.8) is 0 Å². The van der Waals surface area contributed by atoms with Crippen molar-refractivity contribution in [2.45, 2.75) is 0 Å². The summed E-state index contributed by atoms with van der Waals surface area (Å²) in [6, 6.07) is 12.5. The molecule has 0 fully saturated rings. The van der Waals surface area contributed by atoms with Crippen molar-refractivity contribution in [1.82, 2.24) is 15.0 Å². The SMILES string of the molecule is O=C(Nc1c[nH]c2ccccc12)c1ccc2c(=O)[nH]cnc2c1. The van der Waals surface area contributed by atoms with Crippen LogP contribution in [0.4, 0.5) is 5.69 Å². The number of hydrogen-bond acceptors (Lipinski definition) is 3. The van der Waals surface area contributed by atoms with Gasteiger partial charge in [0.25, 0.3) is 11.5 Å². The molecule has 4 rings (SSSR count). The molecule has 0 aliphatic rings. The van der Waals surface area contributed by atoms with Crippen LogP contribution < -0.4 is 10.9 Å². The van der Waals surface area contributed by atoms with Crippen molar-refractivity contribution in [1.29, 1.82) is 0 Å². The van der Waals surface area contributed by atoms with E-state index in [4.69, 9.17) is 0 Å². The molecule has 23 heavy (non-hydrogen) atoms. The number of carbonyl (C=O) groups excluding carboxylic acids is 1. The first-order valence-corrected chi connectivity index (χ1v) is 7.07. The summed E-state index contributed by atoms with van der Waals surface area (Å²) in [4.78, 5) is 33.8. The largest absolute Gasteiger partial charge is 0.359 e. The summed E-state index contributed by atoms with van der Waals surface area (Å²) in [5, 5.41) is 4.27. The van der Waals surface area contributed by atoms with Gasteiger partial charge in [-0.3, -0.25) is 9.59 Å². The smallest absolute Gasteiger partial charge is 0.258 e. The molecule has 2 aromatic heterocycles. The van der Waals surface area contributed by atoms with Crippen LogP contribution >= 0.6 is 0 Å². The van der Waals surface area contributed by atoms with Crippen LogP contribution in [0.1, 0.15) is 10.4 Å². The number of aromatic amines is 2. The minimum absolute atomic E-state index is 0.224. The van der Waals surface area contributed by atoms with Crippen LogP contribution in [0.5, 0.6) is 0 Å². The summed E-state index contributed by atoms with van der Waals surface area (Å²) < 4.78 is 0. The van der Waals surface area contributed by atoms with Crippen LogP contribution in [-0.4, -0.2) is 20.9 Å². The molecule has 4 aromatic rings. The maximum absolute atomic E-state index is 12.4. The third-order valence-electron chi connectivity index (χ3n) is 3.74. The van der Waals surface area contributed by atoms with Gasteiger partial charge in [-0.25, -0.2) is 4.98 Å². The Labute approximate surface area is 130 Å². The number of amides is 1. The van der Waals surface area contributed by atoms with Crippen molar-refractivity contribution in [3.8, 4) is 0 Å². The second-order valence-electron chi connectivity index (χ2n) is 5.17. The Bertz CT molecular complexity index is 1090. The lowest BCUT2D eigenvalue weighted by atomic mass is 10.1. The highest BCUT2D eigenvalue weighted by Crippen LogP contribution is 2.23. The fraction of sp³-hybridized carbons (Fsp3) is 0. The summed E-state index contributed by atoms with van der Waals surface area (Å²) in [5.74, 6) is -0.251. The molecular formula is C17H12N4O2. The number of fused-ring (bicyclic) bond motifs is 2. The Morgan fingerprint density at radius 2 is 1.91 bits per heavy atom. The number of carbonyl (C=O) groups is 1. The molecule has 112 valence electrons. The van der Waals surface area contributed by atoms with Gasteiger partial charge in [0, 0.05) is 22.7 Å². The summed E-state index contributed by atoms with van der Waals surface area (Å²) in [5.41, 5.74) is 2.37. The van der Waals surface area contributed by atoms with E-state index in [9.17, 15) is 9.59 Å². The van der Waals surface area contributed by atoms with Gasteiger partial charge in [0.1, 0.15) is 0 Å². The highest BCUT2D eigenvalue weighted by Gasteiger charge is 2.11. The van der Waals surface area contributed by atoms with Gasteiger partial charge < -0.3 is 15.3 Å². The maximum Gasteiger partial charge on any atom is 0.258 e. The number of H-pyrrole nitrogens is 2. The average molecular weight is 304 g/mol. The molecule has 0 saturated carbocycles. The molecule has 2 aromatic carbocycles. The Kier molecular flexibility index (Phi) is 2.94. The fourth-order valence-electron chi connectivity index (χ4n) is 2.58. The lowest BCUT2D eigenvalue weighted by molar-refractivity contribution is 0.102. The predicted octanol–water partition coefficient (Wildman–Crippen LogP) is 2.66. The van der Waals surface area contributed by atoms with Crippen molar-refractivity contribution in [2.75, 3.05) is 5.32 Å². The van der Waals surface area contributed by atoms with Gasteiger partial charge in [0.05, 0.1) is 22.9 Å². The Morgan fingerprint density at radius 3 is 2.83 bits per heavy atom. The van der Waals surface area contributed by atoms with Crippen LogP contribution in [-0.2, 0) is 0 Å². The second kappa shape index (κ2) is 5.10. The van der Waals surface area contributed by atoms with Crippen molar-refractivity contribution < 1.29 is 4.79 Å². The Morgan fingerprint density at radius 1 is 1.04 bits per heavy atom. The maximum atomic E-state index is 12.4. The number of nitrogens with zero attached hydrogens (tertiary/aromatic N) is 1. The number of rotatable bonds is 2. The summed E-state index contributed by atoms with van der Waals surface area (Å²) in [6.07, 6.45) is 3.08. The van der Waals surface area contributed by atoms with E-state index < -0.39 is 0 Å². The van der Waals surface area contributed by atoms with E-state index in [1.54, 1.807) is 24.4 Å². The second-order valence-corrected chi connectivity index (χ2v) is 5.17. The van der Waals surface area contributed by atoms with Crippen molar-refractivity contribution >= 4 is 33.4 Å². The third kappa shape index (κ3) is 2.26. The number of aromatic nitrogens is 3. The monoisotopic (exact) mass is 304 g/mol. The van der Waals surface area contributed by atoms with E-state index in [0.717, 1.165) is 10.9 Å². The normalized spacial score (nSPS) is 11.0.